The Kier molecular flexibility index (Phi) is 2.61. The van der Waals surface area contributed by atoms with Crippen LogP contribution in [-0.2, 0) is 0 Å². The molecule has 0 nitrogen and oxygen atoms in total. The van der Waals surface area contributed by atoms with Gasteiger partial charge in [-0.3, -0.25) is 0 Å². The van der Waals surface area contributed by atoms with Crippen molar-refractivity contribution in [3.8, 4) is 0 Å². The predicted molar refractivity (Wildman–Crippen MR) is 50.4 cm³/mol. The fourth-order valence-electron chi connectivity index (χ4n) is 2.85. The zero-order valence-electron chi connectivity index (χ0n) is 8.59. The third kappa shape index (κ3) is 1.60. The molecule has 0 spiro atoms. The van der Waals surface area contributed by atoms with E-state index in [1.165, 1.54) is 6.42 Å². The lowest BCUT2D eigenvalue weighted by Crippen LogP contribution is -1.97. The van der Waals surface area contributed by atoms with E-state index in [2.05, 4.69) is 34.6 Å². The summed E-state index contributed by atoms with van der Waals surface area (Å²) in [4.78, 5) is 0. The Hall–Kier alpha value is 0. The van der Waals surface area contributed by atoms with Crippen LogP contribution in [0.1, 0.15) is 41.0 Å². The third-order valence-corrected chi connectivity index (χ3v) is 3.30. The summed E-state index contributed by atoms with van der Waals surface area (Å²) in [7, 11) is 0. The van der Waals surface area contributed by atoms with Gasteiger partial charge >= 0.3 is 0 Å². The van der Waals surface area contributed by atoms with Gasteiger partial charge in [-0.1, -0.05) is 41.0 Å². The first-order chi connectivity index (χ1) is 5.09. The highest BCUT2D eigenvalue weighted by Crippen LogP contribution is 2.56. The van der Waals surface area contributed by atoms with E-state index >= 15 is 0 Å². The monoisotopic (exact) mass is 154 g/mol. The summed E-state index contributed by atoms with van der Waals surface area (Å²) in [6.45, 7) is 11.8. The molecular weight excluding hydrogens is 132 g/mol. The van der Waals surface area contributed by atoms with Crippen LogP contribution in [0.15, 0.2) is 0 Å². The Balaban J connectivity index is 2.46. The zero-order valence-corrected chi connectivity index (χ0v) is 8.59. The molecule has 2 unspecified atom stereocenters. The Morgan fingerprint density at radius 3 is 1.36 bits per heavy atom. The standard InChI is InChI=1S/C11H22/c1-6-9-10(7(2)3)11(9)8(4)5/h7-11H,6H2,1-5H3. The van der Waals surface area contributed by atoms with Crippen LogP contribution >= 0.6 is 0 Å². The molecule has 0 radical (unpaired) electrons. The zero-order chi connectivity index (χ0) is 8.59. The van der Waals surface area contributed by atoms with E-state index in [0.717, 1.165) is 29.6 Å². The van der Waals surface area contributed by atoms with Crippen molar-refractivity contribution in [3.05, 3.63) is 0 Å². The molecule has 0 aromatic rings. The maximum atomic E-state index is 2.37. The average molecular weight is 154 g/mol. The highest BCUT2D eigenvalue weighted by atomic mass is 14.6. The van der Waals surface area contributed by atoms with Crippen molar-refractivity contribution in [2.45, 2.75) is 41.0 Å². The van der Waals surface area contributed by atoms with Crippen LogP contribution < -0.4 is 0 Å². The topological polar surface area (TPSA) is 0 Å². The maximum absolute atomic E-state index is 2.37. The van der Waals surface area contributed by atoms with Gasteiger partial charge in [0, 0.05) is 0 Å². The molecule has 0 aromatic carbocycles. The number of hydrogen-bond donors (Lipinski definition) is 0. The summed E-state index contributed by atoms with van der Waals surface area (Å²) >= 11 is 0. The molecule has 0 aromatic heterocycles. The summed E-state index contributed by atoms with van der Waals surface area (Å²) < 4.78 is 0. The van der Waals surface area contributed by atoms with Gasteiger partial charge < -0.3 is 0 Å². The van der Waals surface area contributed by atoms with Crippen LogP contribution in [0.2, 0.25) is 0 Å². The van der Waals surface area contributed by atoms with E-state index in [0.29, 0.717) is 0 Å². The lowest BCUT2D eigenvalue weighted by atomic mass is 10.0. The second-order valence-corrected chi connectivity index (χ2v) is 4.71. The van der Waals surface area contributed by atoms with Gasteiger partial charge in [0.1, 0.15) is 0 Å². The lowest BCUT2D eigenvalue weighted by molar-refractivity contribution is 0.448. The number of hydrogen-bond acceptors (Lipinski definition) is 0. The molecular formula is C11H22. The second-order valence-electron chi connectivity index (χ2n) is 4.71. The molecule has 0 heteroatoms. The summed E-state index contributed by atoms with van der Waals surface area (Å²) in [5.74, 6) is 4.95. The summed E-state index contributed by atoms with van der Waals surface area (Å²) in [5, 5.41) is 0. The van der Waals surface area contributed by atoms with Crippen LogP contribution in [0.5, 0.6) is 0 Å². The normalized spacial score (nSPS) is 36.8. The Morgan fingerprint density at radius 1 is 0.909 bits per heavy atom. The van der Waals surface area contributed by atoms with Crippen molar-refractivity contribution < 1.29 is 0 Å². The first kappa shape index (κ1) is 9.09. The van der Waals surface area contributed by atoms with E-state index in [-0.39, 0.29) is 0 Å². The molecule has 66 valence electrons. The Labute approximate surface area is 71.4 Å². The molecule has 0 heterocycles. The fraction of sp³-hybridized carbons (Fsp3) is 1.00. The molecule has 1 aliphatic carbocycles. The fourth-order valence-corrected chi connectivity index (χ4v) is 2.85. The van der Waals surface area contributed by atoms with Gasteiger partial charge in [-0.2, -0.15) is 0 Å². The second kappa shape index (κ2) is 3.16. The molecule has 0 aliphatic heterocycles. The molecule has 1 saturated carbocycles. The van der Waals surface area contributed by atoms with Crippen molar-refractivity contribution in [3.63, 3.8) is 0 Å². The van der Waals surface area contributed by atoms with E-state index < -0.39 is 0 Å². The van der Waals surface area contributed by atoms with E-state index in [1.54, 1.807) is 0 Å². The van der Waals surface area contributed by atoms with Crippen molar-refractivity contribution in [1.29, 1.82) is 0 Å². The van der Waals surface area contributed by atoms with Crippen LogP contribution in [0.3, 0.4) is 0 Å². The van der Waals surface area contributed by atoms with Gasteiger partial charge in [0.25, 0.3) is 0 Å². The van der Waals surface area contributed by atoms with Gasteiger partial charge in [0.15, 0.2) is 0 Å². The number of rotatable bonds is 3. The molecule has 0 amide bonds. The molecule has 0 N–H and O–H groups in total. The van der Waals surface area contributed by atoms with Crippen molar-refractivity contribution in [1.82, 2.24) is 0 Å². The van der Waals surface area contributed by atoms with Gasteiger partial charge in [-0.15, -0.1) is 0 Å². The van der Waals surface area contributed by atoms with E-state index in [9.17, 15) is 0 Å². The predicted octanol–water partition coefficient (Wildman–Crippen LogP) is 3.57. The molecule has 0 bridgehead atoms. The lowest BCUT2D eigenvalue weighted by Gasteiger charge is -2.04. The first-order valence-electron chi connectivity index (χ1n) is 5.09. The SMILES string of the molecule is CCC1C(C(C)C)C1C(C)C. The largest absolute Gasteiger partial charge is 0.0651 e. The summed E-state index contributed by atoms with van der Waals surface area (Å²) in [6, 6.07) is 0. The minimum Gasteiger partial charge on any atom is -0.0651 e. The Morgan fingerprint density at radius 2 is 1.27 bits per heavy atom. The van der Waals surface area contributed by atoms with Crippen LogP contribution in [0.25, 0.3) is 0 Å². The quantitative estimate of drug-likeness (QED) is 0.583. The van der Waals surface area contributed by atoms with E-state index in [4.69, 9.17) is 0 Å². The van der Waals surface area contributed by atoms with Gasteiger partial charge in [0.2, 0.25) is 0 Å². The first-order valence-corrected chi connectivity index (χ1v) is 5.09. The molecule has 1 fully saturated rings. The molecule has 11 heavy (non-hydrogen) atoms. The minimum atomic E-state index is 0.910. The van der Waals surface area contributed by atoms with Crippen LogP contribution in [0.4, 0.5) is 0 Å². The van der Waals surface area contributed by atoms with Gasteiger partial charge in [0.05, 0.1) is 0 Å². The van der Waals surface area contributed by atoms with Crippen LogP contribution in [0, 0.1) is 29.6 Å². The molecule has 1 rings (SSSR count). The average Bonchev–Trinajstić information content (AvgIpc) is 2.59. The smallest absolute Gasteiger partial charge is 0.0326 e. The summed E-state index contributed by atoms with van der Waals surface area (Å²) in [6.07, 6.45) is 1.39. The minimum absolute atomic E-state index is 0.910. The van der Waals surface area contributed by atoms with Crippen molar-refractivity contribution in [2.24, 2.45) is 29.6 Å². The van der Waals surface area contributed by atoms with Gasteiger partial charge in [-0.25, -0.2) is 0 Å². The molecule has 1 aliphatic rings. The highest BCUT2D eigenvalue weighted by Gasteiger charge is 2.50. The molecule has 0 saturated heterocycles. The molecule has 2 atom stereocenters. The van der Waals surface area contributed by atoms with Crippen molar-refractivity contribution >= 4 is 0 Å². The maximum Gasteiger partial charge on any atom is -0.0326 e. The third-order valence-electron chi connectivity index (χ3n) is 3.30. The Bertz CT molecular complexity index is 110. The summed E-state index contributed by atoms with van der Waals surface area (Å²) in [5.41, 5.74) is 0. The van der Waals surface area contributed by atoms with Crippen LogP contribution in [-0.4, -0.2) is 0 Å². The highest BCUT2D eigenvalue weighted by molar-refractivity contribution is 4.98. The van der Waals surface area contributed by atoms with E-state index in [1.807, 2.05) is 0 Å². The van der Waals surface area contributed by atoms with Gasteiger partial charge in [-0.05, 0) is 29.6 Å². The van der Waals surface area contributed by atoms with Crippen molar-refractivity contribution in [2.75, 3.05) is 0 Å².